The number of nitrogens with zero attached hydrogens (tertiary/aromatic N) is 4. The first kappa shape index (κ1) is 15.7. The number of aromatic nitrogens is 3. The first-order valence-corrected chi connectivity index (χ1v) is 9.09. The van der Waals surface area contributed by atoms with Crippen molar-refractivity contribution < 1.29 is 4.74 Å². The maximum atomic E-state index is 5.39. The molecule has 0 saturated carbocycles. The fraction of sp³-hybridized carbons (Fsp3) is 0.471. The average molecular weight is 343 g/mol. The van der Waals surface area contributed by atoms with E-state index in [0.717, 1.165) is 71.3 Å². The molecule has 1 fully saturated rings. The van der Waals surface area contributed by atoms with Crippen LogP contribution in [0.1, 0.15) is 11.3 Å². The zero-order valence-electron chi connectivity index (χ0n) is 14.0. The lowest BCUT2D eigenvalue weighted by Gasteiger charge is -2.26. The summed E-state index contributed by atoms with van der Waals surface area (Å²) in [6, 6.07) is 2.18. The first-order chi connectivity index (χ1) is 11.7. The molecule has 7 heteroatoms. The molecule has 1 saturated heterocycles. The first-order valence-electron chi connectivity index (χ1n) is 8.28. The molecule has 0 aliphatic carbocycles. The molecule has 0 radical (unpaired) electrons. The van der Waals surface area contributed by atoms with E-state index in [4.69, 9.17) is 9.72 Å². The van der Waals surface area contributed by atoms with Gasteiger partial charge >= 0.3 is 0 Å². The monoisotopic (exact) mass is 343 g/mol. The van der Waals surface area contributed by atoms with E-state index in [1.807, 2.05) is 6.92 Å². The summed E-state index contributed by atoms with van der Waals surface area (Å²) in [5.74, 6) is 0.909. The van der Waals surface area contributed by atoms with Gasteiger partial charge in [0.1, 0.15) is 17.0 Å². The molecule has 4 rings (SSSR count). The minimum atomic E-state index is 0.832. The number of hydrogen-bond acceptors (Lipinski definition) is 7. The van der Waals surface area contributed by atoms with Crippen LogP contribution in [0.2, 0.25) is 0 Å². The summed E-state index contributed by atoms with van der Waals surface area (Å²) in [5.41, 5.74) is 3.26. The Hall–Kier alpha value is -1.83. The molecule has 4 heterocycles. The van der Waals surface area contributed by atoms with Gasteiger partial charge in [0.05, 0.1) is 23.4 Å². The second-order valence-electron chi connectivity index (χ2n) is 6.13. The molecule has 126 valence electrons. The van der Waals surface area contributed by atoms with Crippen LogP contribution >= 0.6 is 11.3 Å². The van der Waals surface area contributed by atoms with Crippen molar-refractivity contribution in [2.45, 2.75) is 13.8 Å². The van der Waals surface area contributed by atoms with E-state index in [0.29, 0.717) is 0 Å². The van der Waals surface area contributed by atoms with Crippen LogP contribution in [0.4, 0.5) is 5.82 Å². The summed E-state index contributed by atoms with van der Waals surface area (Å²) in [4.78, 5) is 17.1. The summed E-state index contributed by atoms with van der Waals surface area (Å²) >= 11 is 1.66. The summed E-state index contributed by atoms with van der Waals surface area (Å²) in [6.07, 6.45) is 1.64. The number of fused-ring (bicyclic) bond motifs is 3. The Morgan fingerprint density at radius 1 is 1.25 bits per heavy atom. The molecule has 0 unspecified atom stereocenters. The van der Waals surface area contributed by atoms with Gasteiger partial charge in [0.25, 0.3) is 0 Å². The lowest BCUT2D eigenvalue weighted by molar-refractivity contribution is 0.0398. The fourth-order valence-electron chi connectivity index (χ4n) is 2.97. The number of hydrogen-bond donors (Lipinski definition) is 1. The predicted octanol–water partition coefficient (Wildman–Crippen LogP) is 2.60. The Labute approximate surface area is 144 Å². The molecule has 24 heavy (non-hydrogen) atoms. The van der Waals surface area contributed by atoms with Crippen LogP contribution < -0.4 is 5.32 Å². The molecular formula is C17H21N5OS. The lowest BCUT2D eigenvalue weighted by atomic mass is 10.2. The third-order valence-electron chi connectivity index (χ3n) is 4.51. The van der Waals surface area contributed by atoms with Crippen LogP contribution in [0.5, 0.6) is 0 Å². The Balaban J connectivity index is 1.58. The molecule has 1 N–H and O–H groups in total. The van der Waals surface area contributed by atoms with Crippen LogP contribution in [0.15, 0.2) is 12.4 Å². The van der Waals surface area contributed by atoms with Crippen molar-refractivity contribution in [3.8, 4) is 0 Å². The van der Waals surface area contributed by atoms with Crippen LogP contribution in [0, 0.1) is 13.8 Å². The predicted molar refractivity (Wildman–Crippen MR) is 97.9 cm³/mol. The van der Waals surface area contributed by atoms with Gasteiger partial charge in [-0.25, -0.2) is 15.0 Å². The van der Waals surface area contributed by atoms with E-state index in [2.05, 4.69) is 33.2 Å². The second-order valence-corrected chi connectivity index (χ2v) is 7.13. The summed E-state index contributed by atoms with van der Waals surface area (Å²) in [5, 5.41) is 4.60. The summed E-state index contributed by atoms with van der Waals surface area (Å²) < 4.78 is 6.48. The highest BCUT2D eigenvalue weighted by atomic mass is 32.1. The normalized spacial score (nSPS) is 16.1. The van der Waals surface area contributed by atoms with Crippen molar-refractivity contribution in [2.75, 3.05) is 44.7 Å². The van der Waals surface area contributed by atoms with E-state index < -0.39 is 0 Å². The van der Waals surface area contributed by atoms with E-state index in [-0.39, 0.29) is 0 Å². The number of aryl methyl sites for hydroxylation is 2. The molecule has 3 aromatic rings. The van der Waals surface area contributed by atoms with Gasteiger partial charge in [0.2, 0.25) is 0 Å². The Bertz CT molecular complexity index is 872. The highest BCUT2D eigenvalue weighted by Crippen LogP contribution is 2.35. The third kappa shape index (κ3) is 2.94. The van der Waals surface area contributed by atoms with Crippen molar-refractivity contribution in [3.05, 3.63) is 23.7 Å². The molecule has 1 aliphatic heterocycles. The number of ether oxygens (including phenoxy) is 1. The molecule has 6 nitrogen and oxygen atoms in total. The SMILES string of the molecule is Cc1cc2c(nc1C)sc1c(NCCN3CCOCC3)ncnc12. The van der Waals surface area contributed by atoms with Crippen molar-refractivity contribution in [1.82, 2.24) is 19.9 Å². The summed E-state index contributed by atoms with van der Waals surface area (Å²) in [6.45, 7) is 9.68. The second kappa shape index (κ2) is 6.58. The Morgan fingerprint density at radius 3 is 2.92 bits per heavy atom. The van der Waals surface area contributed by atoms with Gasteiger partial charge in [-0.1, -0.05) is 0 Å². The molecule has 1 aliphatic rings. The van der Waals surface area contributed by atoms with Crippen molar-refractivity contribution >= 4 is 37.6 Å². The largest absolute Gasteiger partial charge is 0.379 e. The molecule has 0 aromatic carbocycles. The maximum absolute atomic E-state index is 5.39. The van der Waals surface area contributed by atoms with Crippen LogP contribution in [-0.4, -0.2) is 59.2 Å². The standard InChI is InChI=1S/C17H21N5OS/c1-11-9-13-14-15(24-17(13)21-12(11)2)16(20-10-19-14)18-3-4-22-5-7-23-8-6-22/h9-10H,3-8H2,1-2H3,(H,18,19,20). The van der Waals surface area contributed by atoms with Gasteiger partial charge in [-0.15, -0.1) is 11.3 Å². The Morgan fingerprint density at radius 2 is 2.08 bits per heavy atom. The minimum Gasteiger partial charge on any atom is -0.379 e. The number of rotatable bonds is 4. The maximum Gasteiger partial charge on any atom is 0.147 e. The van der Waals surface area contributed by atoms with Gasteiger partial charge < -0.3 is 10.1 Å². The van der Waals surface area contributed by atoms with Crippen molar-refractivity contribution in [3.63, 3.8) is 0 Å². The summed E-state index contributed by atoms with van der Waals surface area (Å²) in [7, 11) is 0. The molecule has 3 aromatic heterocycles. The number of anilines is 1. The number of pyridine rings is 1. The zero-order valence-corrected chi connectivity index (χ0v) is 14.8. The highest BCUT2D eigenvalue weighted by molar-refractivity contribution is 7.25. The lowest BCUT2D eigenvalue weighted by Crippen LogP contribution is -2.39. The molecule has 0 amide bonds. The van der Waals surface area contributed by atoms with E-state index in [1.54, 1.807) is 17.7 Å². The molecule has 0 atom stereocenters. The minimum absolute atomic E-state index is 0.832. The van der Waals surface area contributed by atoms with E-state index in [9.17, 15) is 0 Å². The van der Waals surface area contributed by atoms with E-state index in [1.165, 1.54) is 5.56 Å². The van der Waals surface area contributed by atoms with Gasteiger partial charge in [-0.05, 0) is 25.5 Å². The average Bonchev–Trinajstić information content (AvgIpc) is 2.95. The van der Waals surface area contributed by atoms with E-state index >= 15 is 0 Å². The van der Waals surface area contributed by atoms with Crippen molar-refractivity contribution in [2.24, 2.45) is 0 Å². The van der Waals surface area contributed by atoms with Crippen LogP contribution in [0.3, 0.4) is 0 Å². The quantitative estimate of drug-likeness (QED) is 0.786. The zero-order chi connectivity index (χ0) is 16.5. The molecule has 0 bridgehead atoms. The van der Waals surface area contributed by atoms with Gasteiger partial charge in [-0.3, -0.25) is 4.90 Å². The number of thiophene rings is 1. The highest BCUT2D eigenvalue weighted by Gasteiger charge is 2.14. The van der Waals surface area contributed by atoms with Crippen molar-refractivity contribution in [1.29, 1.82) is 0 Å². The fourth-order valence-corrected chi connectivity index (χ4v) is 4.10. The van der Waals surface area contributed by atoms with Gasteiger partial charge in [0, 0.05) is 37.3 Å². The Kier molecular flexibility index (Phi) is 4.30. The van der Waals surface area contributed by atoms with Gasteiger partial charge in [-0.2, -0.15) is 0 Å². The number of morpholine rings is 1. The third-order valence-corrected chi connectivity index (χ3v) is 5.61. The van der Waals surface area contributed by atoms with Crippen LogP contribution in [0.25, 0.3) is 20.4 Å². The smallest absolute Gasteiger partial charge is 0.147 e. The molecular weight excluding hydrogens is 322 g/mol. The van der Waals surface area contributed by atoms with Gasteiger partial charge in [0.15, 0.2) is 0 Å². The molecule has 0 spiro atoms. The number of nitrogens with one attached hydrogen (secondary N) is 1. The van der Waals surface area contributed by atoms with Crippen LogP contribution in [-0.2, 0) is 4.74 Å². The topological polar surface area (TPSA) is 63.2 Å².